The summed E-state index contributed by atoms with van der Waals surface area (Å²) in [6.07, 6.45) is 0.462. The standard InChI is InChI=1S/C10H14N2O4S/c1-6-7(2)16-12-9(6)10(13)11-8-3-4-17(14,15)5-8/h8H,3-5H2,1-2H3,(H,11,13). The summed E-state index contributed by atoms with van der Waals surface area (Å²) in [4.78, 5) is 11.8. The third-order valence-corrected chi connectivity index (χ3v) is 4.71. The first kappa shape index (κ1) is 12.1. The SMILES string of the molecule is Cc1onc(C(=O)NC2CCS(=O)(=O)C2)c1C. The number of hydrogen-bond acceptors (Lipinski definition) is 5. The zero-order valence-corrected chi connectivity index (χ0v) is 10.5. The molecule has 0 saturated carbocycles. The lowest BCUT2D eigenvalue weighted by atomic mass is 10.2. The number of aromatic nitrogens is 1. The molecule has 6 nitrogen and oxygen atoms in total. The van der Waals surface area contributed by atoms with Crippen molar-refractivity contribution in [3.8, 4) is 0 Å². The molecular formula is C10H14N2O4S. The lowest BCUT2D eigenvalue weighted by Crippen LogP contribution is -2.36. The summed E-state index contributed by atoms with van der Waals surface area (Å²) in [5, 5.41) is 6.32. The van der Waals surface area contributed by atoms with Crippen molar-refractivity contribution in [1.29, 1.82) is 0 Å². The highest BCUT2D eigenvalue weighted by molar-refractivity contribution is 7.91. The fourth-order valence-corrected chi connectivity index (χ4v) is 3.47. The van der Waals surface area contributed by atoms with E-state index in [4.69, 9.17) is 4.52 Å². The molecule has 1 saturated heterocycles. The number of sulfone groups is 1. The van der Waals surface area contributed by atoms with Crippen molar-refractivity contribution in [2.24, 2.45) is 0 Å². The smallest absolute Gasteiger partial charge is 0.274 e. The minimum absolute atomic E-state index is 0.00855. The van der Waals surface area contributed by atoms with E-state index in [1.54, 1.807) is 13.8 Å². The maximum absolute atomic E-state index is 11.8. The Balaban J connectivity index is 2.06. The predicted molar refractivity (Wildman–Crippen MR) is 60.5 cm³/mol. The number of amides is 1. The molecule has 94 valence electrons. The van der Waals surface area contributed by atoms with Crippen LogP contribution in [0.25, 0.3) is 0 Å². The molecule has 0 aliphatic carbocycles. The van der Waals surface area contributed by atoms with Gasteiger partial charge in [0.25, 0.3) is 5.91 Å². The van der Waals surface area contributed by atoms with Gasteiger partial charge in [0.15, 0.2) is 15.5 Å². The molecule has 1 N–H and O–H groups in total. The first-order valence-electron chi connectivity index (χ1n) is 5.33. The van der Waals surface area contributed by atoms with Gasteiger partial charge in [-0.1, -0.05) is 5.16 Å². The van der Waals surface area contributed by atoms with E-state index in [0.717, 1.165) is 0 Å². The Labute approximate surface area is 99.3 Å². The van der Waals surface area contributed by atoms with Crippen LogP contribution in [0.5, 0.6) is 0 Å². The summed E-state index contributed by atoms with van der Waals surface area (Å²) in [7, 11) is -2.99. The Morgan fingerprint density at radius 1 is 1.47 bits per heavy atom. The van der Waals surface area contributed by atoms with E-state index in [-0.39, 0.29) is 29.1 Å². The molecule has 1 atom stereocenters. The third-order valence-electron chi connectivity index (χ3n) is 2.94. The van der Waals surface area contributed by atoms with Crippen molar-refractivity contribution < 1.29 is 17.7 Å². The molecule has 1 unspecified atom stereocenters. The Bertz CT molecular complexity index is 547. The summed E-state index contributed by atoms with van der Waals surface area (Å²) in [5.41, 5.74) is 0.912. The van der Waals surface area contributed by atoms with Crippen LogP contribution in [0.1, 0.15) is 28.2 Å². The molecule has 0 radical (unpaired) electrons. The van der Waals surface area contributed by atoms with Gasteiger partial charge in [0.1, 0.15) is 5.76 Å². The molecule has 17 heavy (non-hydrogen) atoms. The molecule has 1 aromatic heterocycles. The van der Waals surface area contributed by atoms with Crippen LogP contribution in [0.2, 0.25) is 0 Å². The van der Waals surface area contributed by atoms with Gasteiger partial charge in [0.05, 0.1) is 11.5 Å². The second kappa shape index (κ2) is 4.14. The number of nitrogens with one attached hydrogen (secondary N) is 1. The van der Waals surface area contributed by atoms with Gasteiger partial charge in [-0.3, -0.25) is 4.79 Å². The summed E-state index contributed by atoms with van der Waals surface area (Å²) in [6.45, 7) is 3.46. The Morgan fingerprint density at radius 2 is 2.18 bits per heavy atom. The summed E-state index contributed by atoms with van der Waals surface area (Å²) < 4.78 is 27.4. The van der Waals surface area contributed by atoms with Crippen LogP contribution < -0.4 is 5.32 Å². The molecule has 1 fully saturated rings. The lowest BCUT2D eigenvalue weighted by molar-refractivity contribution is 0.0931. The third kappa shape index (κ3) is 2.49. The highest BCUT2D eigenvalue weighted by Crippen LogP contribution is 2.14. The summed E-state index contributed by atoms with van der Waals surface area (Å²) in [5.74, 6) is 0.360. The fraction of sp³-hybridized carbons (Fsp3) is 0.600. The monoisotopic (exact) mass is 258 g/mol. The topological polar surface area (TPSA) is 89.3 Å². The van der Waals surface area contributed by atoms with Gasteiger partial charge in [-0.2, -0.15) is 0 Å². The van der Waals surface area contributed by atoms with Crippen molar-refractivity contribution >= 4 is 15.7 Å². The van der Waals surface area contributed by atoms with E-state index in [0.29, 0.717) is 17.7 Å². The number of rotatable bonds is 2. The van der Waals surface area contributed by atoms with E-state index in [1.807, 2.05) is 0 Å². The van der Waals surface area contributed by atoms with Crippen molar-refractivity contribution in [2.75, 3.05) is 11.5 Å². The van der Waals surface area contributed by atoms with Crippen LogP contribution in [-0.2, 0) is 9.84 Å². The van der Waals surface area contributed by atoms with Gasteiger partial charge in [0, 0.05) is 11.6 Å². The molecule has 0 aromatic carbocycles. The van der Waals surface area contributed by atoms with Gasteiger partial charge in [0.2, 0.25) is 0 Å². The maximum atomic E-state index is 11.8. The average molecular weight is 258 g/mol. The highest BCUT2D eigenvalue weighted by Gasteiger charge is 2.30. The zero-order valence-electron chi connectivity index (χ0n) is 9.69. The van der Waals surface area contributed by atoms with Gasteiger partial charge >= 0.3 is 0 Å². The van der Waals surface area contributed by atoms with Crippen LogP contribution in [0.3, 0.4) is 0 Å². The maximum Gasteiger partial charge on any atom is 0.274 e. The molecule has 1 aliphatic heterocycles. The largest absolute Gasteiger partial charge is 0.361 e. The zero-order chi connectivity index (χ0) is 12.6. The first-order chi connectivity index (χ1) is 7.89. The molecule has 0 spiro atoms. The minimum atomic E-state index is -2.99. The normalized spacial score (nSPS) is 22.6. The predicted octanol–water partition coefficient (Wildman–Crippen LogP) is 0.208. The molecular weight excluding hydrogens is 244 g/mol. The fourth-order valence-electron chi connectivity index (χ4n) is 1.79. The number of carbonyl (C=O) groups excluding carboxylic acids is 1. The molecule has 2 heterocycles. The number of aryl methyl sites for hydroxylation is 1. The van der Waals surface area contributed by atoms with Gasteiger partial charge in [-0.25, -0.2) is 8.42 Å². The van der Waals surface area contributed by atoms with Crippen molar-refractivity contribution in [3.63, 3.8) is 0 Å². The Kier molecular flexibility index (Phi) is 2.94. The molecule has 1 amide bonds. The summed E-state index contributed by atoms with van der Waals surface area (Å²) in [6, 6.07) is -0.316. The number of nitrogens with zero attached hydrogens (tertiary/aromatic N) is 1. The molecule has 1 aromatic rings. The quantitative estimate of drug-likeness (QED) is 0.819. The first-order valence-corrected chi connectivity index (χ1v) is 7.15. The molecule has 2 rings (SSSR count). The van der Waals surface area contributed by atoms with Gasteiger partial charge in [-0.05, 0) is 20.3 Å². The van der Waals surface area contributed by atoms with Crippen LogP contribution in [0.4, 0.5) is 0 Å². The van der Waals surface area contributed by atoms with Gasteiger partial charge in [-0.15, -0.1) is 0 Å². The molecule has 0 bridgehead atoms. The highest BCUT2D eigenvalue weighted by atomic mass is 32.2. The van der Waals surface area contributed by atoms with E-state index >= 15 is 0 Å². The number of carbonyl (C=O) groups is 1. The van der Waals surface area contributed by atoms with Crippen LogP contribution in [0.15, 0.2) is 4.52 Å². The van der Waals surface area contributed by atoms with Crippen LogP contribution in [-0.4, -0.2) is 37.0 Å². The van der Waals surface area contributed by atoms with Crippen LogP contribution >= 0.6 is 0 Å². The van der Waals surface area contributed by atoms with E-state index in [2.05, 4.69) is 10.5 Å². The number of hydrogen-bond donors (Lipinski definition) is 1. The van der Waals surface area contributed by atoms with Crippen molar-refractivity contribution in [2.45, 2.75) is 26.3 Å². The van der Waals surface area contributed by atoms with E-state index < -0.39 is 9.84 Å². The van der Waals surface area contributed by atoms with Crippen molar-refractivity contribution in [1.82, 2.24) is 10.5 Å². The minimum Gasteiger partial charge on any atom is -0.361 e. The Morgan fingerprint density at radius 3 is 2.65 bits per heavy atom. The van der Waals surface area contributed by atoms with Crippen LogP contribution in [0, 0.1) is 13.8 Å². The average Bonchev–Trinajstić information content (AvgIpc) is 2.72. The van der Waals surface area contributed by atoms with Gasteiger partial charge < -0.3 is 9.84 Å². The van der Waals surface area contributed by atoms with E-state index in [9.17, 15) is 13.2 Å². The molecule has 7 heteroatoms. The second-order valence-corrected chi connectivity index (χ2v) is 6.51. The van der Waals surface area contributed by atoms with E-state index in [1.165, 1.54) is 0 Å². The Hall–Kier alpha value is -1.37. The second-order valence-electron chi connectivity index (χ2n) is 4.29. The lowest BCUT2D eigenvalue weighted by Gasteiger charge is -2.08. The molecule has 1 aliphatic rings. The summed E-state index contributed by atoms with van der Waals surface area (Å²) >= 11 is 0. The van der Waals surface area contributed by atoms with Crippen molar-refractivity contribution in [3.05, 3.63) is 17.0 Å².